The first-order valence-electron chi connectivity index (χ1n) is 8.64. The van der Waals surface area contributed by atoms with E-state index in [0.29, 0.717) is 16.8 Å². The van der Waals surface area contributed by atoms with Crippen molar-refractivity contribution >= 4 is 29.1 Å². The third-order valence-electron chi connectivity index (χ3n) is 5.34. The van der Waals surface area contributed by atoms with Gasteiger partial charge in [-0.15, -0.1) is 0 Å². The minimum absolute atomic E-state index is 0.141. The van der Waals surface area contributed by atoms with E-state index in [1.807, 2.05) is 0 Å². The zero-order valence-electron chi connectivity index (χ0n) is 15.0. The maximum Gasteiger partial charge on any atom is 0.271 e. The van der Waals surface area contributed by atoms with Crippen LogP contribution in [0.2, 0.25) is 0 Å². The Bertz CT molecular complexity index is 990. The van der Waals surface area contributed by atoms with Gasteiger partial charge in [0.25, 0.3) is 11.8 Å². The number of hydrogen-bond donors (Lipinski definition) is 1. The van der Waals surface area contributed by atoms with Crippen molar-refractivity contribution in [3.05, 3.63) is 59.4 Å². The summed E-state index contributed by atoms with van der Waals surface area (Å²) in [6.07, 6.45) is 0.310. The molecule has 1 saturated heterocycles. The highest BCUT2D eigenvalue weighted by molar-refractivity contribution is 6.18. The van der Waals surface area contributed by atoms with Gasteiger partial charge in [-0.2, -0.15) is 0 Å². The summed E-state index contributed by atoms with van der Waals surface area (Å²) >= 11 is 0. The van der Waals surface area contributed by atoms with E-state index in [9.17, 15) is 18.8 Å². The minimum atomic E-state index is -1.47. The average Bonchev–Trinajstić information content (AvgIpc) is 3.01. The molecule has 6 nitrogen and oxygen atoms in total. The standard InChI is InChI=1S/C20H18FN3O3/c1-12-7-8-13(11-15(12)21)22-19(27)20-10-9-17(25)24(20)16-6-4-3-5-14(16)18(26)23(20)2/h3-8,11H,9-10H2,1-2H3,(H,22,27)/t20-/m0/s1. The van der Waals surface area contributed by atoms with Gasteiger partial charge in [0.05, 0.1) is 11.3 Å². The van der Waals surface area contributed by atoms with E-state index in [2.05, 4.69) is 5.32 Å². The molecule has 0 unspecified atom stereocenters. The summed E-state index contributed by atoms with van der Waals surface area (Å²) in [6.45, 7) is 1.63. The van der Waals surface area contributed by atoms with Crippen LogP contribution in [0.3, 0.4) is 0 Å². The molecule has 2 aliphatic rings. The first-order chi connectivity index (χ1) is 12.9. The number of carbonyl (C=O) groups excluding carboxylic acids is 3. The van der Waals surface area contributed by atoms with Crippen LogP contribution in [0.4, 0.5) is 15.8 Å². The van der Waals surface area contributed by atoms with Crippen LogP contribution in [0, 0.1) is 12.7 Å². The lowest BCUT2D eigenvalue weighted by Gasteiger charge is -2.47. The van der Waals surface area contributed by atoms with Crippen molar-refractivity contribution in [3.63, 3.8) is 0 Å². The summed E-state index contributed by atoms with van der Waals surface area (Å²) in [4.78, 5) is 41.5. The van der Waals surface area contributed by atoms with Crippen LogP contribution in [0.25, 0.3) is 0 Å². The second-order valence-corrected chi connectivity index (χ2v) is 6.85. The van der Waals surface area contributed by atoms with Gasteiger partial charge in [0, 0.05) is 25.6 Å². The molecule has 2 heterocycles. The predicted molar refractivity (Wildman–Crippen MR) is 97.8 cm³/mol. The van der Waals surface area contributed by atoms with E-state index in [1.54, 1.807) is 43.3 Å². The second kappa shape index (κ2) is 5.90. The topological polar surface area (TPSA) is 69.7 Å². The molecule has 0 aliphatic carbocycles. The quantitative estimate of drug-likeness (QED) is 0.887. The number of rotatable bonds is 2. The predicted octanol–water partition coefficient (Wildman–Crippen LogP) is 2.68. The van der Waals surface area contributed by atoms with Crippen LogP contribution in [-0.2, 0) is 9.59 Å². The van der Waals surface area contributed by atoms with Gasteiger partial charge in [-0.25, -0.2) is 4.39 Å². The number of amides is 3. The monoisotopic (exact) mass is 367 g/mol. The number of aryl methyl sites for hydroxylation is 1. The van der Waals surface area contributed by atoms with Crippen molar-refractivity contribution < 1.29 is 18.8 Å². The zero-order chi connectivity index (χ0) is 19.3. The molecule has 3 amide bonds. The van der Waals surface area contributed by atoms with Gasteiger partial charge in [0.1, 0.15) is 5.82 Å². The number of likely N-dealkylation sites (N-methyl/N-ethyl adjacent to an activating group) is 1. The number of para-hydroxylation sites is 1. The summed E-state index contributed by atoms with van der Waals surface area (Å²) in [7, 11) is 1.51. The maximum atomic E-state index is 13.9. The van der Waals surface area contributed by atoms with Crippen LogP contribution < -0.4 is 10.2 Å². The first-order valence-corrected chi connectivity index (χ1v) is 8.64. The van der Waals surface area contributed by atoms with Crippen LogP contribution >= 0.6 is 0 Å². The van der Waals surface area contributed by atoms with E-state index in [0.717, 1.165) is 0 Å². The molecule has 1 fully saturated rings. The molecule has 138 valence electrons. The number of nitrogens with zero attached hydrogens (tertiary/aromatic N) is 2. The molecule has 2 aromatic carbocycles. The molecular weight excluding hydrogens is 349 g/mol. The molecule has 0 aromatic heterocycles. The minimum Gasteiger partial charge on any atom is -0.322 e. The molecule has 1 N–H and O–H groups in total. The Morgan fingerprint density at radius 2 is 1.93 bits per heavy atom. The highest BCUT2D eigenvalue weighted by atomic mass is 19.1. The van der Waals surface area contributed by atoms with E-state index >= 15 is 0 Å². The molecule has 0 spiro atoms. The molecule has 0 radical (unpaired) electrons. The SMILES string of the molecule is Cc1ccc(NC(=O)[C@]23CCC(=O)N2c2ccccc2C(=O)N3C)cc1F. The van der Waals surface area contributed by atoms with Crippen LogP contribution in [-0.4, -0.2) is 35.3 Å². The van der Waals surface area contributed by atoms with Gasteiger partial charge in [-0.3, -0.25) is 19.3 Å². The summed E-state index contributed by atoms with van der Waals surface area (Å²) in [5.74, 6) is -1.54. The van der Waals surface area contributed by atoms with Gasteiger partial charge in [0.2, 0.25) is 11.6 Å². The molecule has 7 heteroatoms. The van der Waals surface area contributed by atoms with Crippen molar-refractivity contribution in [2.45, 2.75) is 25.4 Å². The van der Waals surface area contributed by atoms with E-state index in [4.69, 9.17) is 0 Å². The Morgan fingerprint density at radius 1 is 1.19 bits per heavy atom. The fourth-order valence-electron chi connectivity index (χ4n) is 3.83. The Balaban J connectivity index is 1.79. The zero-order valence-corrected chi connectivity index (χ0v) is 15.0. The number of nitrogens with one attached hydrogen (secondary N) is 1. The Labute approximate surface area is 155 Å². The normalized spacial score (nSPS) is 21.1. The van der Waals surface area contributed by atoms with Gasteiger partial charge < -0.3 is 10.2 Å². The highest BCUT2D eigenvalue weighted by Crippen LogP contribution is 2.44. The second-order valence-electron chi connectivity index (χ2n) is 6.85. The lowest BCUT2D eigenvalue weighted by Crippen LogP contribution is -2.68. The molecule has 0 bridgehead atoms. The Morgan fingerprint density at radius 3 is 2.67 bits per heavy atom. The number of hydrogen-bond acceptors (Lipinski definition) is 3. The van der Waals surface area contributed by atoms with Crippen molar-refractivity contribution in [1.29, 1.82) is 0 Å². The summed E-state index contributed by atoms with van der Waals surface area (Å²) in [5.41, 5.74) is 0.0664. The Kier molecular flexibility index (Phi) is 3.76. The molecule has 4 rings (SSSR count). The van der Waals surface area contributed by atoms with Crippen LogP contribution in [0.1, 0.15) is 28.8 Å². The number of halogens is 1. The summed E-state index contributed by atoms with van der Waals surface area (Å²) in [6, 6.07) is 11.1. The molecule has 1 atom stereocenters. The van der Waals surface area contributed by atoms with Crippen molar-refractivity contribution in [1.82, 2.24) is 4.90 Å². The molecule has 0 saturated carbocycles. The van der Waals surface area contributed by atoms with E-state index < -0.39 is 17.4 Å². The van der Waals surface area contributed by atoms with Gasteiger partial charge >= 0.3 is 0 Å². The fraction of sp³-hybridized carbons (Fsp3) is 0.250. The highest BCUT2D eigenvalue weighted by Gasteiger charge is 2.59. The summed E-state index contributed by atoms with van der Waals surface area (Å²) < 4.78 is 13.9. The number of carbonyl (C=O) groups is 3. The maximum absolute atomic E-state index is 13.9. The number of anilines is 2. The van der Waals surface area contributed by atoms with Crippen molar-refractivity contribution in [2.24, 2.45) is 0 Å². The van der Waals surface area contributed by atoms with E-state index in [-0.39, 0.29) is 30.3 Å². The number of benzene rings is 2. The van der Waals surface area contributed by atoms with Crippen LogP contribution in [0.15, 0.2) is 42.5 Å². The van der Waals surface area contributed by atoms with Crippen molar-refractivity contribution in [3.8, 4) is 0 Å². The van der Waals surface area contributed by atoms with Gasteiger partial charge in [0.15, 0.2) is 0 Å². The molecule has 2 aliphatic heterocycles. The van der Waals surface area contributed by atoms with Gasteiger partial charge in [-0.05, 0) is 36.8 Å². The third-order valence-corrected chi connectivity index (χ3v) is 5.34. The summed E-state index contributed by atoms with van der Waals surface area (Å²) in [5, 5.41) is 2.68. The largest absolute Gasteiger partial charge is 0.322 e. The third kappa shape index (κ3) is 2.34. The first kappa shape index (κ1) is 17.2. The van der Waals surface area contributed by atoms with Crippen LogP contribution in [0.5, 0.6) is 0 Å². The number of fused-ring (bicyclic) bond motifs is 3. The fourth-order valence-corrected chi connectivity index (χ4v) is 3.83. The van der Waals surface area contributed by atoms with Gasteiger partial charge in [-0.1, -0.05) is 18.2 Å². The lowest BCUT2D eigenvalue weighted by molar-refractivity contribution is -0.128. The smallest absolute Gasteiger partial charge is 0.271 e. The van der Waals surface area contributed by atoms with Crippen molar-refractivity contribution in [2.75, 3.05) is 17.3 Å². The Hall–Kier alpha value is -3.22. The average molecular weight is 367 g/mol. The lowest BCUT2D eigenvalue weighted by atomic mass is 9.96. The molecular formula is C20H18FN3O3. The van der Waals surface area contributed by atoms with E-state index in [1.165, 1.54) is 22.9 Å². The molecule has 2 aromatic rings. The molecule has 27 heavy (non-hydrogen) atoms.